The van der Waals surface area contributed by atoms with Gasteiger partial charge in [0.2, 0.25) is 5.60 Å². The molecule has 1 N–H and O–H groups in total. The Kier molecular flexibility index (Phi) is 4.84. The van der Waals surface area contributed by atoms with Crippen LogP contribution in [0.1, 0.15) is 54.8 Å². The monoisotopic (exact) mass is 478 g/mol. The van der Waals surface area contributed by atoms with Gasteiger partial charge in [-0.1, -0.05) is 61.1 Å². The maximum atomic E-state index is 7.10. The number of benzene rings is 3. The number of anilines is 1. The number of methoxy groups -OCH3 is 1. The minimum Gasteiger partial charge on any atom is -0.496 e. The van der Waals surface area contributed by atoms with Crippen LogP contribution in [-0.2, 0) is 5.60 Å². The molecule has 5 nitrogen and oxygen atoms in total. The Hall–Kier alpha value is -3.99. The van der Waals surface area contributed by atoms with Gasteiger partial charge >= 0.3 is 0 Å². The molecule has 0 radical (unpaired) electrons. The fourth-order valence-corrected chi connectivity index (χ4v) is 5.87. The predicted molar refractivity (Wildman–Crippen MR) is 142 cm³/mol. The summed E-state index contributed by atoms with van der Waals surface area (Å²) in [7, 11) is 1.70. The van der Waals surface area contributed by atoms with Gasteiger partial charge in [-0.05, 0) is 55.7 Å². The van der Waals surface area contributed by atoms with Gasteiger partial charge in [-0.3, -0.25) is 0 Å². The van der Waals surface area contributed by atoms with Crippen LogP contribution in [0.4, 0.5) is 5.69 Å². The van der Waals surface area contributed by atoms with E-state index in [1.54, 1.807) is 7.11 Å². The average Bonchev–Trinajstić information content (AvgIpc) is 3.32. The lowest BCUT2D eigenvalue weighted by molar-refractivity contribution is 0.113. The second kappa shape index (κ2) is 7.76. The van der Waals surface area contributed by atoms with Crippen molar-refractivity contribution in [3.63, 3.8) is 0 Å². The Bertz CT molecular complexity index is 1500. The molecule has 0 saturated heterocycles. The quantitative estimate of drug-likeness (QED) is 0.315. The van der Waals surface area contributed by atoms with Crippen LogP contribution < -0.4 is 14.8 Å². The van der Waals surface area contributed by atoms with Crippen LogP contribution in [-0.4, -0.2) is 17.8 Å². The van der Waals surface area contributed by atoms with Gasteiger partial charge in [0.15, 0.2) is 5.76 Å². The smallest absolute Gasteiger partial charge is 0.220 e. The summed E-state index contributed by atoms with van der Waals surface area (Å²) in [4.78, 5) is 0. The van der Waals surface area contributed by atoms with Crippen molar-refractivity contribution in [3.05, 3.63) is 107 Å². The fraction of sp³-hybridized carbons (Fsp3) is 0.258. The van der Waals surface area contributed by atoms with E-state index in [0.717, 1.165) is 56.3 Å². The molecule has 3 heterocycles. The minimum absolute atomic E-state index is 0.0677. The number of aromatic nitrogens is 1. The van der Waals surface area contributed by atoms with E-state index < -0.39 is 5.60 Å². The Morgan fingerprint density at radius 1 is 1.03 bits per heavy atom. The lowest BCUT2D eigenvalue weighted by Crippen LogP contribution is -2.44. The first-order valence-electron chi connectivity index (χ1n) is 12.3. The third kappa shape index (κ3) is 2.98. The molecule has 0 bridgehead atoms. The number of hydrogen-bond acceptors (Lipinski definition) is 5. The van der Waals surface area contributed by atoms with Crippen LogP contribution in [0.5, 0.6) is 11.5 Å². The van der Waals surface area contributed by atoms with Gasteiger partial charge in [0, 0.05) is 28.8 Å². The van der Waals surface area contributed by atoms with Crippen LogP contribution in [0.25, 0.3) is 11.1 Å². The molecule has 3 aromatic carbocycles. The summed E-state index contributed by atoms with van der Waals surface area (Å²) in [6.45, 7) is 13.0. The molecule has 0 fully saturated rings. The summed E-state index contributed by atoms with van der Waals surface area (Å²) in [6, 6.07) is 22.5. The number of ether oxygens (including phenoxy) is 2. The maximum absolute atomic E-state index is 7.10. The lowest BCUT2D eigenvalue weighted by Gasteiger charge is -2.46. The van der Waals surface area contributed by atoms with Crippen molar-refractivity contribution in [1.82, 2.24) is 5.16 Å². The second-order valence-electron chi connectivity index (χ2n) is 10.3. The SMILES string of the molecule is C=C1C(C)c2c(ccc3c2C(c2ccccc2)(c2cc(C)no2)Oc2cccc(OC)c2-3)NC1(C)C. The number of nitrogens with one attached hydrogen (secondary N) is 1. The normalized spacial score (nSPS) is 21.5. The van der Waals surface area contributed by atoms with E-state index in [1.165, 1.54) is 0 Å². The van der Waals surface area contributed by atoms with E-state index in [4.69, 9.17) is 14.0 Å². The number of aryl methyl sites for hydroxylation is 1. The van der Waals surface area contributed by atoms with Crippen molar-refractivity contribution in [3.8, 4) is 22.6 Å². The van der Waals surface area contributed by atoms with Gasteiger partial charge in [-0.15, -0.1) is 0 Å². The zero-order chi connectivity index (χ0) is 25.2. The molecule has 2 atom stereocenters. The van der Waals surface area contributed by atoms with E-state index in [1.807, 2.05) is 49.4 Å². The first kappa shape index (κ1) is 22.5. The van der Waals surface area contributed by atoms with Crippen molar-refractivity contribution < 1.29 is 14.0 Å². The first-order chi connectivity index (χ1) is 17.3. The van der Waals surface area contributed by atoms with Crippen molar-refractivity contribution in [2.45, 2.75) is 44.8 Å². The van der Waals surface area contributed by atoms with Crippen molar-refractivity contribution in [1.29, 1.82) is 0 Å². The summed E-state index contributed by atoms with van der Waals surface area (Å²) in [6.07, 6.45) is 0. The second-order valence-corrected chi connectivity index (χ2v) is 10.3. The Morgan fingerprint density at radius 3 is 2.50 bits per heavy atom. The van der Waals surface area contributed by atoms with E-state index in [0.29, 0.717) is 5.76 Å². The largest absolute Gasteiger partial charge is 0.496 e. The highest BCUT2D eigenvalue weighted by molar-refractivity contribution is 5.87. The molecule has 0 saturated carbocycles. The molecule has 36 heavy (non-hydrogen) atoms. The van der Waals surface area contributed by atoms with E-state index >= 15 is 0 Å². The Balaban J connectivity index is 1.80. The third-order valence-electron chi connectivity index (χ3n) is 7.70. The van der Waals surface area contributed by atoms with Gasteiger partial charge in [-0.25, -0.2) is 0 Å². The van der Waals surface area contributed by atoms with Crippen molar-refractivity contribution >= 4 is 5.69 Å². The van der Waals surface area contributed by atoms with Crippen LogP contribution >= 0.6 is 0 Å². The van der Waals surface area contributed by atoms with Crippen molar-refractivity contribution in [2.75, 3.05) is 12.4 Å². The van der Waals surface area contributed by atoms with Gasteiger partial charge in [0.25, 0.3) is 0 Å². The lowest BCUT2D eigenvalue weighted by atomic mass is 9.68. The van der Waals surface area contributed by atoms with Gasteiger partial charge in [-0.2, -0.15) is 0 Å². The molecule has 6 rings (SSSR count). The van der Waals surface area contributed by atoms with E-state index in [-0.39, 0.29) is 11.5 Å². The molecule has 182 valence electrons. The maximum Gasteiger partial charge on any atom is 0.220 e. The molecule has 1 aromatic heterocycles. The van der Waals surface area contributed by atoms with Gasteiger partial charge < -0.3 is 19.3 Å². The molecular formula is C31H30N2O3. The molecule has 0 spiro atoms. The molecule has 0 aliphatic carbocycles. The van der Waals surface area contributed by atoms with Crippen LogP contribution in [0, 0.1) is 6.92 Å². The van der Waals surface area contributed by atoms with Crippen molar-refractivity contribution in [2.24, 2.45) is 0 Å². The topological polar surface area (TPSA) is 56.5 Å². The van der Waals surface area contributed by atoms with E-state index in [2.05, 4.69) is 62.1 Å². The van der Waals surface area contributed by atoms with Gasteiger partial charge in [0.05, 0.1) is 23.9 Å². The summed E-state index contributed by atoms with van der Waals surface area (Å²) >= 11 is 0. The predicted octanol–water partition coefficient (Wildman–Crippen LogP) is 7.21. The molecule has 0 amide bonds. The number of hydrogen-bond donors (Lipinski definition) is 1. The summed E-state index contributed by atoms with van der Waals surface area (Å²) in [5.74, 6) is 2.20. The molecule has 5 heteroatoms. The minimum atomic E-state index is -1.06. The standard InChI is InChI=1S/C31H30N2O3/c1-18-17-26(36-33-18)31(21-11-8-7-9-12-21)29-22(28-24(34-6)13-10-14-25(28)35-31)15-16-23-27(29)19(2)20(3)30(4,5)32-23/h7-17,19,32H,3H2,1-2,4-6H3. The first-order valence-corrected chi connectivity index (χ1v) is 12.3. The highest BCUT2D eigenvalue weighted by Crippen LogP contribution is 2.58. The highest BCUT2D eigenvalue weighted by atomic mass is 16.5. The highest BCUT2D eigenvalue weighted by Gasteiger charge is 2.52. The average molecular weight is 479 g/mol. The Morgan fingerprint density at radius 2 is 1.81 bits per heavy atom. The number of rotatable bonds is 3. The zero-order valence-electron chi connectivity index (χ0n) is 21.3. The van der Waals surface area contributed by atoms with Crippen LogP contribution in [0.15, 0.2) is 83.4 Å². The van der Waals surface area contributed by atoms with E-state index in [9.17, 15) is 0 Å². The molecule has 2 aliphatic heterocycles. The summed E-state index contributed by atoms with van der Waals surface area (Å²) in [5.41, 5.74) is 6.79. The van der Waals surface area contributed by atoms with Crippen LogP contribution in [0.2, 0.25) is 0 Å². The van der Waals surface area contributed by atoms with Crippen LogP contribution in [0.3, 0.4) is 0 Å². The third-order valence-corrected chi connectivity index (χ3v) is 7.70. The molecule has 4 aromatic rings. The fourth-order valence-electron chi connectivity index (χ4n) is 5.87. The Labute approximate surface area is 211 Å². The summed E-state index contributed by atoms with van der Waals surface area (Å²) < 4.78 is 19.0. The molecule has 2 aliphatic rings. The summed E-state index contributed by atoms with van der Waals surface area (Å²) in [5, 5.41) is 8.01. The molecule has 2 unspecified atom stereocenters. The number of nitrogens with zero attached hydrogens (tertiary/aromatic N) is 1. The van der Waals surface area contributed by atoms with Gasteiger partial charge in [0.1, 0.15) is 11.5 Å². The number of fused-ring (bicyclic) bond motifs is 5. The molecular weight excluding hydrogens is 448 g/mol. The zero-order valence-corrected chi connectivity index (χ0v) is 21.3.